The molecule has 82 valence electrons. The van der Waals surface area contributed by atoms with Gasteiger partial charge in [-0.1, -0.05) is 0 Å². The van der Waals surface area contributed by atoms with Crippen LogP contribution in [0.25, 0.3) is 0 Å². The maximum atomic E-state index is 4.64. The smallest absolute Gasteiger partial charge is 0.140 e. The van der Waals surface area contributed by atoms with Crippen molar-refractivity contribution in [2.45, 2.75) is 31.4 Å². The van der Waals surface area contributed by atoms with Crippen molar-refractivity contribution in [1.82, 2.24) is 9.97 Å². The summed E-state index contributed by atoms with van der Waals surface area (Å²) in [7, 11) is 1.94. The minimum atomic E-state index is 0.905. The highest BCUT2D eigenvalue weighted by molar-refractivity contribution is 7.97. The Balaban J connectivity index is 2.38. The Hall–Kier alpha value is -0.770. The zero-order valence-corrected chi connectivity index (χ0v) is 10.2. The molecule has 0 aromatic carbocycles. The van der Waals surface area contributed by atoms with Crippen LogP contribution in [0.1, 0.15) is 29.9 Å². The molecule has 1 aromatic heterocycles. The molecular weight excluding hydrogens is 206 g/mol. The predicted molar refractivity (Wildman–Crippen MR) is 65.4 cm³/mol. The van der Waals surface area contributed by atoms with Crippen molar-refractivity contribution < 1.29 is 0 Å². The van der Waals surface area contributed by atoms with Gasteiger partial charge in [0.2, 0.25) is 0 Å². The number of anilines is 1. The van der Waals surface area contributed by atoms with Gasteiger partial charge < -0.3 is 5.32 Å². The lowest BCUT2D eigenvalue weighted by atomic mass is 9.96. The minimum absolute atomic E-state index is 0.905. The van der Waals surface area contributed by atoms with Crippen LogP contribution in [0.5, 0.6) is 0 Å². The van der Waals surface area contributed by atoms with E-state index in [-0.39, 0.29) is 0 Å². The number of aromatic nitrogens is 2. The number of aryl methyl sites for hydroxylation is 1. The summed E-state index contributed by atoms with van der Waals surface area (Å²) < 4.78 is 0. The molecule has 15 heavy (non-hydrogen) atoms. The second-order valence-electron chi connectivity index (χ2n) is 3.80. The van der Waals surface area contributed by atoms with Gasteiger partial charge in [0.15, 0.2) is 0 Å². The molecule has 1 aromatic rings. The number of rotatable bonds is 3. The molecule has 0 aliphatic heterocycles. The Morgan fingerprint density at radius 1 is 1.27 bits per heavy atom. The lowest BCUT2D eigenvalue weighted by Gasteiger charge is -2.18. The molecule has 0 unspecified atom stereocenters. The Bertz CT molecular complexity index is 335. The first-order valence-electron chi connectivity index (χ1n) is 5.40. The molecule has 0 bridgehead atoms. The van der Waals surface area contributed by atoms with E-state index in [1.165, 1.54) is 24.1 Å². The Morgan fingerprint density at radius 2 is 2.07 bits per heavy atom. The molecule has 0 atom stereocenters. The summed E-state index contributed by atoms with van der Waals surface area (Å²) in [6.07, 6.45) is 6.87. The van der Waals surface area contributed by atoms with Crippen LogP contribution >= 0.6 is 11.8 Å². The van der Waals surface area contributed by atoms with Gasteiger partial charge in [-0.2, -0.15) is 11.8 Å². The Labute approximate surface area is 95.1 Å². The molecule has 1 heterocycles. The van der Waals surface area contributed by atoms with Crippen molar-refractivity contribution in [3.8, 4) is 0 Å². The van der Waals surface area contributed by atoms with E-state index in [9.17, 15) is 0 Å². The summed E-state index contributed by atoms with van der Waals surface area (Å²) in [5.74, 6) is 2.92. The monoisotopic (exact) mass is 223 g/mol. The number of fused-ring (bicyclic) bond motifs is 1. The fourth-order valence-corrected chi connectivity index (χ4v) is 2.43. The highest BCUT2D eigenvalue weighted by atomic mass is 32.2. The lowest BCUT2D eigenvalue weighted by molar-refractivity contribution is 0.659. The highest BCUT2D eigenvalue weighted by Gasteiger charge is 2.16. The lowest BCUT2D eigenvalue weighted by Crippen LogP contribution is -2.12. The second-order valence-corrected chi connectivity index (χ2v) is 4.67. The molecule has 0 spiro atoms. The van der Waals surface area contributed by atoms with Crippen molar-refractivity contribution in [2.24, 2.45) is 0 Å². The number of thioether (sulfide) groups is 1. The van der Waals surface area contributed by atoms with E-state index in [4.69, 9.17) is 0 Å². The van der Waals surface area contributed by atoms with Crippen molar-refractivity contribution in [2.75, 3.05) is 18.6 Å². The van der Waals surface area contributed by atoms with Crippen molar-refractivity contribution in [1.29, 1.82) is 0 Å². The Morgan fingerprint density at radius 3 is 2.80 bits per heavy atom. The third-order valence-electron chi connectivity index (χ3n) is 2.74. The van der Waals surface area contributed by atoms with Crippen LogP contribution in [-0.4, -0.2) is 23.3 Å². The summed E-state index contributed by atoms with van der Waals surface area (Å²) in [5, 5.41) is 3.19. The second kappa shape index (κ2) is 4.84. The average Bonchev–Trinajstić information content (AvgIpc) is 2.28. The molecule has 0 saturated heterocycles. The van der Waals surface area contributed by atoms with Crippen molar-refractivity contribution in [3.63, 3.8) is 0 Å². The fraction of sp³-hybridized carbons (Fsp3) is 0.636. The first-order chi connectivity index (χ1) is 7.35. The van der Waals surface area contributed by atoms with Crippen LogP contribution in [0.15, 0.2) is 0 Å². The van der Waals surface area contributed by atoms with Gasteiger partial charge in [-0.3, -0.25) is 0 Å². The van der Waals surface area contributed by atoms with Gasteiger partial charge in [0.25, 0.3) is 0 Å². The molecule has 1 aliphatic carbocycles. The summed E-state index contributed by atoms with van der Waals surface area (Å²) in [6.45, 7) is 0. The summed E-state index contributed by atoms with van der Waals surface area (Å²) >= 11 is 1.77. The molecule has 1 N–H and O–H groups in total. The SMILES string of the molecule is CNc1nc(CSC)nc2c1CCCC2. The zero-order valence-electron chi connectivity index (χ0n) is 9.34. The molecule has 0 amide bonds. The van der Waals surface area contributed by atoms with E-state index in [2.05, 4.69) is 21.5 Å². The van der Waals surface area contributed by atoms with Gasteiger partial charge in [0.05, 0.1) is 5.75 Å². The predicted octanol–water partition coefficient (Wildman–Crippen LogP) is 2.26. The normalized spacial score (nSPS) is 14.8. The quantitative estimate of drug-likeness (QED) is 0.853. The van der Waals surface area contributed by atoms with Gasteiger partial charge in [0, 0.05) is 18.3 Å². The van der Waals surface area contributed by atoms with Crippen LogP contribution in [-0.2, 0) is 18.6 Å². The molecular formula is C11H17N3S. The molecule has 4 heteroatoms. The highest BCUT2D eigenvalue weighted by Crippen LogP contribution is 2.25. The van der Waals surface area contributed by atoms with Gasteiger partial charge >= 0.3 is 0 Å². The topological polar surface area (TPSA) is 37.8 Å². The van der Waals surface area contributed by atoms with Crippen molar-refractivity contribution >= 4 is 17.6 Å². The van der Waals surface area contributed by atoms with E-state index in [1.54, 1.807) is 11.8 Å². The number of nitrogens with zero attached hydrogens (tertiary/aromatic N) is 2. The van der Waals surface area contributed by atoms with E-state index < -0.39 is 0 Å². The zero-order chi connectivity index (χ0) is 10.7. The molecule has 0 fully saturated rings. The number of hydrogen-bond acceptors (Lipinski definition) is 4. The first kappa shape index (κ1) is 10.7. The van der Waals surface area contributed by atoms with Crippen LogP contribution in [0.2, 0.25) is 0 Å². The molecule has 2 rings (SSSR count). The van der Waals surface area contributed by atoms with E-state index in [0.29, 0.717) is 0 Å². The van der Waals surface area contributed by atoms with Crippen LogP contribution in [0, 0.1) is 0 Å². The average molecular weight is 223 g/mol. The summed E-state index contributed by atoms with van der Waals surface area (Å²) in [6, 6.07) is 0. The minimum Gasteiger partial charge on any atom is -0.373 e. The van der Waals surface area contributed by atoms with Gasteiger partial charge in [-0.25, -0.2) is 9.97 Å². The first-order valence-corrected chi connectivity index (χ1v) is 6.80. The molecule has 0 radical (unpaired) electrons. The Kier molecular flexibility index (Phi) is 3.46. The molecule has 1 aliphatic rings. The molecule has 0 saturated carbocycles. The largest absolute Gasteiger partial charge is 0.373 e. The van der Waals surface area contributed by atoms with E-state index in [0.717, 1.165) is 30.2 Å². The summed E-state index contributed by atoms with van der Waals surface area (Å²) in [5.41, 5.74) is 2.61. The van der Waals surface area contributed by atoms with E-state index >= 15 is 0 Å². The molecule has 3 nitrogen and oxygen atoms in total. The van der Waals surface area contributed by atoms with Gasteiger partial charge in [0.1, 0.15) is 11.6 Å². The van der Waals surface area contributed by atoms with Crippen LogP contribution < -0.4 is 5.32 Å². The van der Waals surface area contributed by atoms with Crippen LogP contribution in [0.4, 0.5) is 5.82 Å². The van der Waals surface area contributed by atoms with Gasteiger partial charge in [-0.05, 0) is 31.9 Å². The maximum absolute atomic E-state index is 4.64. The maximum Gasteiger partial charge on any atom is 0.140 e. The van der Waals surface area contributed by atoms with E-state index in [1.807, 2.05) is 7.05 Å². The number of nitrogens with one attached hydrogen (secondary N) is 1. The number of hydrogen-bond donors (Lipinski definition) is 1. The third kappa shape index (κ3) is 2.25. The summed E-state index contributed by atoms with van der Waals surface area (Å²) in [4.78, 5) is 9.19. The van der Waals surface area contributed by atoms with Gasteiger partial charge in [-0.15, -0.1) is 0 Å². The standard InChI is InChI=1S/C11H17N3S/c1-12-11-8-5-3-4-6-9(8)13-10(14-11)7-15-2/h3-7H2,1-2H3,(H,12,13,14). The third-order valence-corrected chi connectivity index (χ3v) is 3.29. The van der Waals surface area contributed by atoms with Crippen LogP contribution in [0.3, 0.4) is 0 Å². The van der Waals surface area contributed by atoms with Crippen molar-refractivity contribution in [3.05, 3.63) is 17.1 Å². The fourth-order valence-electron chi connectivity index (χ4n) is 2.05.